The third-order valence-electron chi connectivity index (χ3n) is 4.03. The fraction of sp³-hybridized carbons (Fsp3) is 0.0952. The van der Waals surface area contributed by atoms with Gasteiger partial charge in [-0.25, -0.2) is 4.79 Å². The number of benzene rings is 2. The summed E-state index contributed by atoms with van der Waals surface area (Å²) in [6, 6.07) is 15.3. The Balaban J connectivity index is 1.64. The van der Waals surface area contributed by atoms with Crippen molar-refractivity contribution in [2.75, 3.05) is 12.4 Å². The SMILES string of the molecule is COC(=O)c1cc(Cl)ccc1NC(=O)C(=O)NCc1cccc(-c2ccco2)c1. The van der Waals surface area contributed by atoms with Crippen LogP contribution in [0.1, 0.15) is 15.9 Å². The van der Waals surface area contributed by atoms with Crippen LogP contribution in [-0.2, 0) is 20.9 Å². The van der Waals surface area contributed by atoms with Gasteiger partial charge in [0.25, 0.3) is 0 Å². The molecule has 0 saturated carbocycles. The Morgan fingerprint density at radius 3 is 2.59 bits per heavy atom. The minimum Gasteiger partial charge on any atom is -0.465 e. The molecule has 0 unspecified atom stereocenters. The van der Waals surface area contributed by atoms with Gasteiger partial charge in [0.2, 0.25) is 0 Å². The number of hydrogen-bond acceptors (Lipinski definition) is 5. The molecule has 3 rings (SSSR count). The average Bonchev–Trinajstić information content (AvgIpc) is 3.27. The van der Waals surface area contributed by atoms with Crippen molar-refractivity contribution in [1.29, 1.82) is 0 Å². The molecule has 0 fully saturated rings. The number of halogens is 1. The first-order chi connectivity index (χ1) is 14.0. The van der Waals surface area contributed by atoms with Crippen LogP contribution in [0.4, 0.5) is 5.69 Å². The summed E-state index contributed by atoms with van der Waals surface area (Å²) in [5.74, 6) is -1.74. The number of carbonyl (C=O) groups is 3. The molecule has 1 heterocycles. The second kappa shape index (κ2) is 9.07. The molecule has 3 aromatic rings. The van der Waals surface area contributed by atoms with Gasteiger partial charge in [-0.2, -0.15) is 0 Å². The molecule has 1 aromatic heterocycles. The molecule has 0 aliphatic rings. The minimum absolute atomic E-state index is 0.0484. The lowest BCUT2D eigenvalue weighted by molar-refractivity contribution is -0.136. The first kappa shape index (κ1) is 20.2. The van der Waals surface area contributed by atoms with Gasteiger partial charge in [0, 0.05) is 17.1 Å². The normalized spacial score (nSPS) is 10.3. The predicted molar refractivity (Wildman–Crippen MR) is 107 cm³/mol. The van der Waals surface area contributed by atoms with E-state index < -0.39 is 17.8 Å². The maximum Gasteiger partial charge on any atom is 0.340 e. The summed E-state index contributed by atoms with van der Waals surface area (Å²) >= 11 is 5.88. The van der Waals surface area contributed by atoms with E-state index in [0.29, 0.717) is 10.8 Å². The van der Waals surface area contributed by atoms with E-state index in [1.165, 1.54) is 25.3 Å². The molecule has 0 aliphatic heterocycles. The highest BCUT2D eigenvalue weighted by molar-refractivity contribution is 6.40. The largest absolute Gasteiger partial charge is 0.465 e. The highest BCUT2D eigenvalue weighted by Crippen LogP contribution is 2.22. The quantitative estimate of drug-likeness (QED) is 0.492. The lowest BCUT2D eigenvalue weighted by Gasteiger charge is -2.10. The minimum atomic E-state index is -0.917. The number of furan rings is 1. The Morgan fingerprint density at radius 2 is 1.86 bits per heavy atom. The van der Waals surface area contributed by atoms with Crippen molar-refractivity contribution in [3.8, 4) is 11.3 Å². The van der Waals surface area contributed by atoms with E-state index >= 15 is 0 Å². The fourth-order valence-corrected chi connectivity index (χ4v) is 2.80. The molecule has 0 saturated heterocycles. The summed E-state index contributed by atoms with van der Waals surface area (Å²) in [7, 11) is 1.21. The third kappa shape index (κ3) is 5.03. The Morgan fingerprint density at radius 1 is 1.03 bits per heavy atom. The number of esters is 1. The van der Waals surface area contributed by atoms with Crippen LogP contribution in [0, 0.1) is 0 Å². The van der Waals surface area contributed by atoms with Crippen molar-refractivity contribution in [2.24, 2.45) is 0 Å². The number of rotatable bonds is 5. The molecule has 0 bridgehead atoms. The van der Waals surface area contributed by atoms with Crippen LogP contribution in [0.2, 0.25) is 5.02 Å². The lowest BCUT2D eigenvalue weighted by atomic mass is 10.1. The Kier molecular flexibility index (Phi) is 6.31. The van der Waals surface area contributed by atoms with E-state index in [4.69, 9.17) is 16.0 Å². The Bertz CT molecular complexity index is 1050. The summed E-state index contributed by atoms with van der Waals surface area (Å²) in [6.45, 7) is 0.144. The molecule has 2 amide bonds. The zero-order valence-corrected chi connectivity index (χ0v) is 16.2. The summed E-state index contributed by atoms with van der Waals surface area (Å²) in [4.78, 5) is 36.2. The molecule has 148 valence electrons. The molecule has 2 aromatic carbocycles. The van der Waals surface area contributed by atoms with Crippen LogP contribution < -0.4 is 10.6 Å². The summed E-state index contributed by atoms with van der Waals surface area (Å²) in [6.07, 6.45) is 1.58. The number of hydrogen-bond donors (Lipinski definition) is 2. The summed E-state index contributed by atoms with van der Waals surface area (Å²) in [5, 5.41) is 5.23. The molecule has 0 radical (unpaired) electrons. The zero-order chi connectivity index (χ0) is 20.8. The zero-order valence-electron chi connectivity index (χ0n) is 15.4. The number of ether oxygens (including phenoxy) is 1. The standard InChI is InChI=1S/C21H17ClN2O5/c1-28-21(27)16-11-15(22)7-8-17(16)24-20(26)19(25)23-12-13-4-2-5-14(10-13)18-6-3-9-29-18/h2-11H,12H2,1H3,(H,23,25)(H,24,26). The lowest BCUT2D eigenvalue weighted by Crippen LogP contribution is -2.35. The Labute approximate surface area is 171 Å². The monoisotopic (exact) mass is 412 g/mol. The first-order valence-corrected chi connectivity index (χ1v) is 8.95. The van der Waals surface area contributed by atoms with Crippen molar-refractivity contribution < 1.29 is 23.5 Å². The predicted octanol–water partition coefficient (Wildman–Crippen LogP) is 3.64. The number of anilines is 1. The maximum absolute atomic E-state index is 12.2. The van der Waals surface area contributed by atoms with Gasteiger partial charge in [0.15, 0.2) is 0 Å². The van der Waals surface area contributed by atoms with E-state index in [1.54, 1.807) is 12.3 Å². The van der Waals surface area contributed by atoms with Crippen LogP contribution in [-0.4, -0.2) is 24.9 Å². The molecule has 0 atom stereocenters. The van der Waals surface area contributed by atoms with Crippen molar-refractivity contribution in [2.45, 2.75) is 6.54 Å². The topological polar surface area (TPSA) is 97.6 Å². The van der Waals surface area contributed by atoms with Crippen molar-refractivity contribution in [1.82, 2.24) is 5.32 Å². The van der Waals surface area contributed by atoms with Crippen LogP contribution in [0.5, 0.6) is 0 Å². The number of methoxy groups -OCH3 is 1. The third-order valence-corrected chi connectivity index (χ3v) is 4.26. The van der Waals surface area contributed by atoms with Crippen molar-refractivity contribution in [3.05, 3.63) is 77.0 Å². The van der Waals surface area contributed by atoms with Gasteiger partial charge in [-0.3, -0.25) is 9.59 Å². The molecular weight excluding hydrogens is 396 g/mol. The average molecular weight is 413 g/mol. The molecule has 8 heteroatoms. The number of carbonyl (C=O) groups excluding carboxylic acids is 3. The van der Waals surface area contributed by atoms with Crippen LogP contribution >= 0.6 is 11.6 Å². The summed E-state index contributed by atoms with van der Waals surface area (Å²) in [5.41, 5.74) is 1.82. The van der Waals surface area contributed by atoms with E-state index in [9.17, 15) is 14.4 Å². The second-order valence-electron chi connectivity index (χ2n) is 6.00. The smallest absolute Gasteiger partial charge is 0.340 e. The van der Waals surface area contributed by atoms with Gasteiger partial charge in [-0.15, -0.1) is 0 Å². The highest BCUT2D eigenvalue weighted by atomic mass is 35.5. The fourth-order valence-electron chi connectivity index (χ4n) is 2.62. The van der Waals surface area contributed by atoms with Crippen molar-refractivity contribution in [3.63, 3.8) is 0 Å². The molecule has 7 nitrogen and oxygen atoms in total. The van der Waals surface area contributed by atoms with E-state index in [0.717, 1.165) is 11.1 Å². The van der Waals surface area contributed by atoms with Gasteiger partial charge < -0.3 is 19.8 Å². The summed E-state index contributed by atoms with van der Waals surface area (Å²) < 4.78 is 10.0. The first-order valence-electron chi connectivity index (χ1n) is 8.58. The van der Waals surface area contributed by atoms with Crippen LogP contribution in [0.15, 0.2) is 65.3 Å². The Hall–Kier alpha value is -3.58. The molecule has 0 aliphatic carbocycles. The highest BCUT2D eigenvalue weighted by Gasteiger charge is 2.19. The molecule has 29 heavy (non-hydrogen) atoms. The van der Waals surface area contributed by atoms with E-state index in [1.807, 2.05) is 30.3 Å². The maximum atomic E-state index is 12.2. The van der Waals surface area contributed by atoms with Gasteiger partial charge >= 0.3 is 17.8 Å². The van der Waals surface area contributed by atoms with Gasteiger partial charge in [0.1, 0.15) is 5.76 Å². The second-order valence-corrected chi connectivity index (χ2v) is 6.43. The van der Waals surface area contributed by atoms with Gasteiger partial charge in [-0.05, 0) is 42.0 Å². The molecule has 0 spiro atoms. The van der Waals surface area contributed by atoms with Crippen LogP contribution in [0.25, 0.3) is 11.3 Å². The van der Waals surface area contributed by atoms with Crippen LogP contribution in [0.3, 0.4) is 0 Å². The molecule has 2 N–H and O–H groups in total. The van der Waals surface area contributed by atoms with E-state index in [2.05, 4.69) is 15.4 Å². The number of amides is 2. The van der Waals surface area contributed by atoms with Gasteiger partial charge in [-0.1, -0.05) is 29.8 Å². The van der Waals surface area contributed by atoms with Gasteiger partial charge in [0.05, 0.1) is 24.6 Å². The molecular formula is C21H17ClN2O5. The number of nitrogens with one attached hydrogen (secondary N) is 2. The van der Waals surface area contributed by atoms with E-state index in [-0.39, 0.29) is 17.8 Å². The van der Waals surface area contributed by atoms with Crippen molar-refractivity contribution >= 4 is 35.1 Å².